The third kappa shape index (κ3) is 5.63. The molecule has 2 aromatic carbocycles. The van der Waals surface area contributed by atoms with E-state index in [0.29, 0.717) is 6.54 Å². The average molecular weight is 414 g/mol. The summed E-state index contributed by atoms with van der Waals surface area (Å²) in [5.41, 5.74) is 2.25. The first-order valence-corrected chi connectivity index (χ1v) is 8.97. The fourth-order valence-electron chi connectivity index (χ4n) is 2.76. The smallest absolute Gasteiger partial charge is 0.338 e. The van der Waals surface area contributed by atoms with Crippen LogP contribution in [0.25, 0.3) is 0 Å². The Kier molecular flexibility index (Phi) is 7.24. The van der Waals surface area contributed by atoms with Crippen LogP contribution in [0.4, 0.5) is 5.69 Å². The van der Waals surface area contributed by atoms with Crippen LogP contribution in [-0.4, -0.2) is 48.4 Å². The van der Waals surface area contributed by atoms with Crippen molar-refractivity contribution in [2.45, 2.75) is 20.4 Å². The predicted molar refractivity (Wildman–Crippen MR) is 107 cm³/mol. The third-order valence-electron chi connectivity index (χ3n) is 4.44. The lowest BCUT2D eigenvalue weighted by Gasteiger charge is -2.18. The minimum absolute atomic E-state index is 0.169. The Morgan fingerprint density at radius 3 is 2.23 bits per heavy atom. The number of hydrogen-bond acceptors (Lipinski definition) is 7. The molecule has 0 saturated heterocycles. The number of carbonyl (C=O) groups excluding carboxylic acids is 3. The van der Waals surface area contributed by atoms with E-state index in [-0.39, 0.29) is 11.1 Å². The van der Waals surface area contributed by atoms with E-state index in [4.69, 9.17) is 4.74 Å². The number of nitro groups is 1. The van der Waals surface area contributed by atoms with Crippen LogP contribution in [0.2, 0.25) is 0 Å². The first kappa shape index (κ1) is 22.5. The summed E-state index contributed by atoms with van der Waals surface area (Å²) in [5, 5.41) is 11.1. The van der Waals surface area contributed by atoms with E-state index in [9.17, 15) is 24.5 Å². The summed E-state index contributed by atoms with van der Waals surface area (Å²) in [4.78, 5) is 48.0. The molecule has 0 aromatic heterocycles. The molecule has 1 amide bonds. The van der Waals surface area contributed by atoms with Crippen molar-refractivity contribution >= 4 is 23.5 Å². The number of hydrogen-bond donors (Lipinski definition) is 0. The number of aryl methyl sites for hydroxylation is 2. The highest BCUT2D eigenvalue weighted by atomic mass is 16.6. The molecule has 0 heterocycles. The van der Waals surface area contributed by atoms with Gasteiger partial charge in [-0.3, -0.25) is 14.9 Å². The van der Waals surface area contributed by atoms with Gasteiger partial charge in [0.25, 0.3) is 11.6 Å². The van der Waals surface area contributed by atoms with Gasteiger partial charge in [0, 0.05) is 25.7 Å². The largest absolute Gasteiger partial charge is 0.465 e. The number of ether oxygens (including phenoxy) is 2. The van der Waals surface area contributed by atoms with E-state index in [1.807, 2.05) is 32.0 Å². The van der Waals surface area contributed by atoms with Gasteiger partial charge in [-0.25, -0.2) is 9.59 Å². The van der Waals surface area contributed by atoms with Crippen molar-refractivity contribution in [2.24, 2.45) is 0 Å². The average Bonchev–Trinajstić information content (AvgIpc) is 2.72. The zero-order valence-electron chi connectivity index (χ0n) is 17.1. The molecule has 158 valence electrons. The van der Waals surface area contributed by atoms with E-state index in [2.05, 4.69) is 4.74 Å². The molecule has 0 N–H and O–H groups in total. The molecule has 0 aliphatic heterocycles. The Labute approximate surface area is 173 Å². The van der Waals surface area contributed by atoms with Gasteiger partial charge in [0.2, 0.25) is 0 Å². The van der Waals surface area contributed by atoms with Crippen molar-refractivity contribution in [3.63, 3.8) is 0 Å². The number of likely N-dealkylation sites (N-methyl/N-ethyl adjacent to an activating group) is 1. The van der Waals surface area contributed by atoms with Gasteiger partial charge in [0.15, 0.2) is 6.61 Å². The molecule has 2 aromatic rings. The van der Waals surface area contributed by atoms with Crippen molar-refractivity contribution in [3.05, 3.63) is 74.3 Å². The topological polar surface area (TPSA) is 116 Å². The Bertz CT molecular complexity index is 1000. The molecule has 2 rings (SSSR count). The number of esters is 2. The third-order valence-corrected chi connectivity index (χ3v) is 4.44. The molecule has 0 radical (unpaired) electrons. The van der Waals surface area contributed by atoms with Gasteiger partial charge in [-0.1, -0.05) is 23.8 Å². The second kappa shape index (κ2) is 9.64. The van der Waals surface area contributed by atoms with Gasteiger partial charge in [-0.05, 0) is 31.0 Å². The first-order chi connectivity index (χ1) is 14.1. The normalized spacial score (nSPS) is 10.3. The second-order valence-electron chi connectivity index (χ2n) is 6.77. The number of nitrogens with zero attached hydrogens (tertiary/aromatic N) is 2. The second-order valence-corrected chi connectivity index (χ2v) is 6.77. The summed E-state index contributed by atoms with van der Waals surface area (Å²) in [6.45, 7) is 3.72. The standard InChI is InChI=1S/C21H22N2O7/c1-13-5-6-15(14(2)7-13)11-22(3)19(24)12-30-21(26)17-8-16(20(25)29-4)9-18(10-17)23(27)28/h5-10H,11-12H2,1-4H3. The van der Waals surface area contributed by atoms with Crippen molar-refractivity contribution in [1.29, 1.82) is 0 Å². The van der Waals surface area contributed by atoms with Gasteiger partial charge in [-0.15, -0.1) is 0 Å². The Balaban J connectivity index is 2.07. The van der Waals surface area contributed by atoms with Crippen molar-refractivity contribution in [3.8, 4) is 0 Å². The van der Waals surface area contributed by atoms with Gasteiger partial charge < -0.3 is 14.4 Å². The number of benzene rings is 2. The predicted octanol–water partition coefficient (Wildman–Crippen LogP) is 2.81. The van der Waals surface area contributed by atoms with Crippen LogP contribution in [0.5, 0.6) is 0 Å². The van der Waals surface area contributed by atoms with E-state index in [0.717, 1.165) is 42.0 Å². The highest BCUT2D eigenvalue weighted by Crippen LogP contribution is 2.19. The maximum absolute atomic E-state index is 12.3. The van der Waals surface area contributed by atoms with E-state index < -0.39 is 35.1 Å². The molecule has 0 aliphatic carbocycles. The van der Waals surface area contributed by atoms with Gasteiger partial charge >= 0.3 is 11.9 Å². The van der Waals surface area contributed by atoms with Crippen LogP contribution in [0.15, 0.2) is 36.4 Å². The molecule has 0 saturated carbocycles. The van der Waals surface area contributed by atoms with Gasteiger partial charge in [0.1, 0.15) is 0 Å². The molecular weight excluding hydrogens is 392 g/mol. The zero-order chi connectivity index (χ0) is 22.4. The summed E-state index contributed by atoms with van der Waals surface area (Å²) in [6.07, 6.45) is 0. The quantitative estimate of drug-likeness (QED) is 0.388. The van der Waals surface area contributed by atoms with Crippen LogP contribution >= 0.6 is 0 Å². The lowest BCUT2D eigenvalue weighted by molar-refractivity contribution is -0.384. The SMILES string of the molecule is COC(=O)c1cc(C(=O)OCC(=O)N(C)Cc2ccc(C)cc2C)cc([N+](=O)[O-])c1. The van der Waals surface area contributed by atoms with E-state index in [1.54, 1.807) is 7.05 Å². The number of non-ortho nitro benzene ring substituents is 1. The van der Waals surface area contributed by atoms with Gasteiger partial charge in [-0.2, -0.15) is 0 Å². The van der Waals surface area contributed by atoms with E-state index >= 15 is 0 Å². The highest BCUT2D eigenvalue weighted by Gasteiger charge is 2.20. The summed E-state index contributed by atoms with van der Waals surface area (Å²) in [7, 11) is 2.70. The summed E-state index contributed by atoms with van der Waals surface area (Å²) in [5.74, 6) is -2.24. The Morgan fingerprint density at radius 2 is 1.67 bits per heavy atom. The van der Waals surface area contributed by atoms with E-state index in [1.165, 1.54) is 4.90 Å². The van der Waals surface area contributed by atoms with Crippen LogP contribution in [0.1, 0.15) is 37.4 Å². The first-order valence-electron chi connectivity index (χ1n) is 8.97. The molecule has 30 heavy (non-hydrogen) atoms. The Morgan fingerprint density at radius 1 is 1.03 bits per heavy atom. The zero-order valence-corrected chi connectivity index (χ0v) is 17.1. The summed E-state index contributed by atoms with van der Waals surface area (Å²) < 4.78 is 9.53. The number of methoxy groups -OCH3 is 1. The van der Waals surface area contributed by atoms with Crippen LogP contribution < -0.4 is 0 Å². The molecule has 9 nitrogen and oxygen atoms in total. The number of carbonyl (C=O) groups is 3. The fourth-order valence-corrected chi connectivity index (χ4v) is 2.76. The van der Waals surface area contributed by atoms with Gasteiger partial charge in [0.05, 0.1) is 23.2 Å². The lowest BCUT2D eigenvalue weighted by Crippen LogP contribution is -2.31. The van der Waals surface area contributed by atoms with Crippen LogP contribution in [0, 0.1) is 24.0 Å². The maximum Gasteiger partial charge on any atom is 0.338 e. The molecule has 0 fully saturated rings. The van der Waals surface area contributed by atoms with Crippen molar-refractivity contribution in [1.82, 2.24) is 4.90 Å². The molecule has 0 aliphatic rings. The van der Waals surface area contributed by atoms with Crippen LogP contribution in [0.3, 0.4) is 0 Å². The molecule has 0 spiro atoms. The van der Waals surface area contributed by atoms with Crippen LogP contribution in [-0.2, 0) is 20.8 Å². The minimum Gasteiger partial charge on any atom is -0.465 e. The van der Waals surface area contributed by atoms with Crippen molar-refractivity contribution in [2.75, 3.05) is 20.8 Å². The summed E-state index contributed by atoms with van der Waals surface area (Å²) >= 11 is 0. The highest BCUT2D eigenvalue weighted by molar-refractivity contribution is 5.97. The minimum atomic E-state index is -0.961. The number of rotatable bonds is 7. The molecule has 0 unspecified atom stereocenters. The number of nitro benzene ring substituents is 1. The Hall–Kier alpha value is -3.75. The lowest BCUT2D eigenvalue weighted by atomic mass is 10.1. The monoisotopic (exact) mass is 414 g/mol. The number of amides is 1. The molecule has 0 atom stereocenters. The maximum atomic E-state index is 12.3. The molecule has 0 bridgehead atoms. The fraction of sp³-hybridized carbons (Fsp3) is 0.286. The van der Waals surface area contributed by atoms with Crippen molar-refractivity contribution < 1.29 is 28.8 Å². The summed E-state index contributed by atoms with van der Waals surface area (Å²) in [6, 6.07) is 8.96. The molecule has 9 heteroatoms. The molecular formula is C21H22N2O7.